The third-order valence-corrected chi connectivity index (χ3v) is 6.91. The molecule has 2 aromatic carbocycles. The van der Waals surface area contributed by atoms with Crippen molar-refractivity contribution in [1.29, 1.82) is 0 Å². The Labute approximate surface area is 188 Å². The summed E-state index contributed by atoms with van der Waals surface area (Å²) in [6.07, 6.45) is 2.10. The highest BCUT2D eigenvalue weighted by atomic mass is 32.2. The molecule has 1 aliphatic rings. The van der Waals surface area contributed by atoms with Crippen molar-refractivity contribution in [2.24, 2.45) is 0 Å². The molecule has 0 radical (unpaired) electrons. The molecular weight excluding hydrogens is 428 g/mol. The van der Waals surface area contributed by atoms with E-state index in [0.717, 1.165) is 5.56 Å². The van der Waals surface area contributed by atoms with Crippen LogP contribution < -0.4 is 0 Å². The van der Waals surface area contributed by atoms with Gasteiger partial charge < -0.3 is 0 Å². The predicted octanol–water partition coefficient (Wildman–Crippen LogP) is 3.14. The molecule has 8 heteroatoms. The number of imide groups is 1. The summed E-state index contributed by atoms with van der Waals surface area (Å²) in [7, 11) is -2.29. The Balaban J connectivity index is 1.81. The Morgan fingerprint density at radius 2 is 1.59 bits per heavy atom. The Morgan fingerprint density at radius 3 is 2.09 bits per heavy atom. The fraction of sp³-hybridized carbons (Fsp3) is 0.250. The van der Waals surface area contributed by atoms with Crippen LogP contribution in [-0.2, 0) is 14.3 Å². The van der Waals surface area contributed by atoms with E-state index in [4.69, 9.17) is 4.18 Å². The summed E-state index contributed by atoms with van der Waals surface area (Å²) in [5, 5.41) is 0. The van der Waals surface area contributed by atoms with Gasteiger partial charge in [-0.1, -0.05) is 43.0 Å². The average Bonchev–Trinajstić information content (AvgIpc) is 3.01. The number of benzene rings is 2. The maximum absolute atomic E-state index is 12.9. The summed E-state index contributed by atoms with van der Waals surface area (Å²) >= 11 is 0. The fourth-order valence-electron chi connectivity index (χ4n) is 3.68. The largest absolute Gasteiger partial charge is 0.302 e. The lowest BCUT2D eigenvalue weighted by Gasteiger charge is -2.39. The first-order valence-corrected chi connectivity index (χ1v) is 11.6. The second-order valence-corrected chi connectivity index (χ2v) is 9.54. The molecule has 0 bridgehead atoms. The molecule has 2 atom stereocenters. The third kappa shape index (κ3) is 4.57. The first-order chi connectivity index (χ1) is 15.1. The maximum atomic E-state index is 12.9. The summed E-state index contributed by atoms with van der Waals surface area (Å²) in [4.78, 5) is 26.6. The van der Waals surface area contributed by atoms with Gasteiger partial charge in [-0.15, -0.1) is 0 Å². The van der Waals surface area contributed by atoms with Gasteiger partial charge in [-0.05, 0) is 43.3 Å². The van der Waals surface area contributed by atoms with E-state index in [9.17, 15) is 18.0 Å². The monoisotopic (exact) mass is 455 g/mol. The van der Waals surface area contributed by atoms with Crippen LogP contribution in [0.1, 0.15) is 26.3 Å². The molecule has 0 saturated heterocycles. The van der Waals surface area contributed by atoms with E-state index in [1.54, 1.807) is 49.5 Å². The van der Waals surface area contributed by atoms with Crippen LogP contribution >= 0.6 is 0 Å². The smallest absolute Gasteiger partial charge is 0.292 e. The van der Waals surface area contributed by atoms with Crippen LogP contribution in [0.15, 0.2) is 78.7 Å². The normalized spacial score (nSPS) is 16.4. The zero-order chi connectivity index (χ0) is 23.5. The number of rotatable bonds is 10. The van der Waals surface area contributed by atoms with Crippen molar-refractivity contribution in [1.82, 2.24) is 4.90 Å². The third-order valence-electron chi connectivity index (χ3n) is 5.61. The highest BCUT2D eigenvalue weighted by Gasteiger charge is 2.39. The van der Waals surface area contributed by atoms with Gasteiger partial charge in [0.1, 0.15) is 0 Å². The molecule has 3 rings (SSSR count). The fourth-order valence-corrected chi connectivity index (χ4v) is 4.80. The molecule has 168 valence electrons. The number of quaternary nitrogens is 1. The number of amides is 2. The van der Waals surface area contributed by atoms with Gasteiger partial charge in [-0.2, -0.15) is 8.42 Å². The number of carbonyl (C=O) groups is 2. The summed E-state index contributed by atoms with van der Waals surface area (Å²) < 4.78 is 31.3. The number of likely N-dealkylation sites (N-methyl/N-ethyl adjacent to an activating group) is 1. The van der Waals surface area contributed by atoms with E-state index in [1.807, 2.05) is 6.92 Å². The lowest BCUT2D eigenvalue weighted by Crippen LogP contribution is -2.56. The molecule has 2 unspecified atom stereocenters. The Hall–Kier alpha value is -3.07. The quantitative estimate of drug-likeness (QED) is 0.181. The minimum atomic E-state index is -4.06. The van der Waals surface area contributed by atoms with Crippen molar-refractivity contribution in [3.63, 3.8) is 0 Å². The molecule has 0 saturated carbocycles. The topological polar surface area (TPSA) is 80.8 Å². The number of nitrogens with zero attached hydrogens (tertiary/aromatic N) is 2. The molecular formula is C24H27N2O5S+. The van der Waals surface area contributed by atoms with Gasteiger partial charge >= 0.3 is 10.1 Å². The van der Waals surface area contributed by atoms with Crippen molar-refractivity contribution < 1.29 is 26.7 Å². The van der Waals surface area contributed by atoms with Crippen LogP contribution in [0.4, 0.5) is 0 Å². The molecule has 1 heterocycles. The van der Waals surface area contributed by atoms with Gasteiger partial charge in [-0.3, -0.25) is 19.0 Å². The number of fused-ring (bicyclic) bond motifs is 1. The van der Waals surface area contributed by atoms with Crippen LogP contribution in [-0.4, -0.2) is 62.5 Å². The van der Waals surface area contributed by atoms with Crippen LogP contribution in [0, 0.1) is 6.92 Å². The van der Waals surface area contributed by atoms with Gasteiger partial charge in [0.15, 0.2) is 0 Å². The van der Waals surface area contributed by atoms with Gasteiger partial charge in [0.05, 0.1) is 42.7 Å². The average molecular weight is 456 g/mol. The first-order valence-electron chi connectivity index (χ1n) is 10.2. The molecule has 32 heavy (non-hydrogen) atoms. The second-order valence-electron chi connectivity index (χ2n) is 7.97. The van der Waals surface area contributed by atoms with Crippen LogP contribution in [0.5, 0.6) is 0 Å². The van der Waals surface area contributed by atoms with E-state index in [1.165, 1.54) is 23.1 Å². The van der Waals surface area contributed by atoms with Gasteiger partial charge in [-0.25, -0.2) is 4.18 Å². The lowest BCUT2D eigenvalue weighted by atomic mass is 10.1. The van der Waals surface area contributed by atoms with Crippen molar-refractivity contribution in [2.75, 3.05) is 26.7 Å². The van der Waals surface area contributed by atoms with Crippen molar-refractivity contribution in [3.8, 4) is 0 Å². The van der Waals surface area contributed by atoms with E-state index >= 15 is 0 Å². The molecule has 1 aliphatic heterocycles. The van der Waals surface area contributed by atoms with E-state index < -0.39 is 16.3 Å². The minimum absolute atomic E-state index is 0.0332. The van der Waals surface area contributed by atoms with Gasteiger partial charge in [0, 0.05) is 0 Å². The molecule has 2 aromatic rings. The standard InChI is InChI=1S/C24H27N2O5S/c1-5-16-26(4,17-15-25-23(27)20-9-7-8-10-21(20)24(25)28)22(6-2)31-32(29,30)19-13-11-18(3)12-14-19/h5-14,22H,1-2,15-17H2,3-4H3/q+1. The summed E-state index contributed by atoms with van der Waals surface area (Å²) in [6, 6.07) is 13.0. The highest BCUT2D eigenvalue weighted by molar-refractivity contribution is 7.86. The highest BCUT2D eigenvalue weighted by Crippen LogP contribution is 2.25. The summed E-state index contributed by atoms with van der Waals surface area (Å²) in [6.45, 7) is 10.1. The molecule has 2 amide bonds. The van der Waals surface area contributed by atoms with Gasteiger partial charge in [0.2, 0.25) is 6.23 Å². The van der Waals surface area contributed by atoms with Crippen molar-refractivity contribution >= 4 is 21.9 Å². The number of aryl methyl sites for hydroxylation is 1. The summed E-state index contributed by atoms with van der Waals surface area (Å²) in [5.74, 6) is -0.724. The molecule has 0 aliphatic carbocycles. The Morgan fingerprint density at radius 1 is 1.03 bits per heavy atom. The van der Waals surface area contributed by atoms with Crippen LogP contribution in [0.25, 0.3) is 0 Å². The zero-order valence-electron chi connectivity index (χ0n) is 18.2. The SMILES string of the molecule is C=CC[N+](C)(CCN1C(=O)c2ccccc2C1=O)C(C=C)OS(=O)(=O)c1ccc(C)cc1. The van der Waals surface area contributed by atoms with Crippen molar-refractivity contribution in [3.05, 3.63) is 90.5 Å². The van der Waals surface area contributed by atoms with Crippen LogP contribution in [0.3, 0.4) is 0 Å². The van der Waals surface area contributed by atoms with Crippen LogP contribution in [0.2, 0.25) is 0 Å². The number of carbonyl (C=O) groups excluding carboxylic acids is 2. The minimum Gasteiger partial charge on any atom is -0.292 e. The molecule has 0 fully saturated rings. The van der Waals surface area contributed by atoms with E-state index in [-0.39, 0.29) is 34.3 Å². The molecule has 0 spiro atoms. The van der Waals surface area contributed by atoms with Crippen molar-refractivity contribution in [2.45, 2.75) is 18.0 Å². The number of hydrogen-bond acceptors (Lipinski definition) is 5. The maximum Gasteiger partial charge on any atom is 0.302 e. The predicted molar refractivity (Wildman–Crippen MR) is 121 cm³/mol. The Bertz CT molecular complexity index is 1120. The lowest BCUT2D eigenvalue weighted by molar-refractivity contribution is -0.938. The Kier molecular flexibility index (Phi) is 6.78. The van der Waals surface area contributed by atoms with E-state index in [0.29, 0.717) is 17.7 Å². The van der Waals surface area contributed by atoms with Gasteiger partial charge in [0.25, 0.3) is 11.8 Å². The number of hydrogen-bond donors (Lipinski definition) is 0. The van der Waals surface area contributed by atoms with E-state index in [2.05, 4.69) is 13.2 Å². The summed E-state index contributed by atoms with van der Waals surface area (Å²) in [5.41, 5.74) is 1.67. The zero-order valence-corrected chi connectivity index (χ0v) is 19.0. The second kappa shape index (κ2) is 9.20. The molecule has 0 N–H and O–H groups in total. The first kappa shape index (κ1) is 23.6. The molecule has 0 aromatic heterocycles. The molecule has 7 nitrogen and oxygen atoms in total.